The van der Waals surface area contributed by atoms with E-state index in [1.165, 1.54) is 0 Å². The fraction of sp³-hybridized carbons (Fsp3) is 0.727. The van der Waals surface area contributed by atoms with E-state index in [9.17, 15) is 4.79 Å². The highest BCUT2D eigenvalue weighted by atomic mass is 16.5. The Kier molecular flexibility index (Phi) is 3.00. The quantitative estimate of drug-likeness (QED) is 0.729. The van der Waals surface area contributed by atoms with Gasteiger partial charge >= 0.3 is 0 Å². The Morgan fingerprint density at radius 3 is 3.22 bits per heavy atom. The topological polar surface area (TPSA) is 72.3 Å². The normalized spacial score (nSPS) is 27.3. The third kappa shape index (κ3) is 1.99. The number of carbonyl (C=O) groups excluding carboxylic acids is 1. The minimum Gasteiger partial charge on any atom is -0.380 e. The monoisotopic (exact) mass is 251 g/mol. The molecule has 0 saturated carbocycles. The van der Waals surface area contributed by atoms with Gasteiger partial charge in [0.05, 0.1) is 18.7 Å². The lowest BCUT2D eigenvalue weighted by molar-refractivity contribution is -0.134. The average molecular weight is 251 g/mol. The van der Waals surface area contributed by atoms with E-state index in [0.29, 0.717) is 6.54 Å². The van der Waals surface area contributed by atoms with Crippen LogP contribution in [-0.2, 0) is 22.6 Å². The molecular formula is C11H17N5O2. The molecule has 0 aromatic carbocycles. The fourth-order valence-corrected chi connectivity index (χ4v) is 2.55. The number of carbonyl (C=O) groups is 1. The van der Waals surface area contributed by atoms with E-state index in [-0.39, 0.29) is 18.1 Å². The van der Waals surface area contributed by atoms with Gasteiger partial charge < -0.3 is 19.5 Å². The highest BCUT2D eigenvalue weighted by molar-refractivity contribution is 5.82. The van der Waals surface area contributed by atoms with Crippen LogP contribution >= 0.6 is 0 Å². The van der Waals surface area contributed by atoms with Crippen LogP contribution in [-0.4, -0.2) is 57.9 Å². The summed E-state index contributed by atoms with van der Waals surface area (Å²) in [6.45, 7) is 2.79. The molecule has 1 aromatic rings. The summed E-state index contributed by atoms with van der Waals surface area (Å²) in [6, 6.07) is -0.121. The van der Waals surface area contributed by atoms with E-state index in [4.69, 9.17) is 4.74 Å². The maximum atomic E-state index is 12.3. The van der Waals surface area contributed by atoms with E-state index < -0.39 is 0 Å². The Balaban J connectivity index is 1.64. The molecule has 3 heterocycles. The third-order valence-corrected chi connectivity index (χ3v) is 3.67. The summed E-state index contributed by atoms with van der Waals surface area (Å²) in [7, 11) is 1.68. The largest absolute Gasteiger partial charge is 0.380 e. The SMILES string of the molecule is COC1CNC(C(=O)N2CCn3cnnc3C2)C1. The molecule has 1 amide bonds. The molecule has 1 aromatic heterocycles. The molecule has 0 aliphatic carbocycles. The summed E-state index contributed by atoms with van der Waals surface area (Å²) in [5.41, 5.74) is 0. The summed E-state index contributed by atoms with van der Waals surface area (Å²) in [5.74, 6) is 1.000. The Labute approximate surface area is 105 Å². The first-order valence-corrected chi connectivity index (χ1v) is 6.19. The Morgan fingerprint density at radius 2 is 2.44 bits per heavy atom. The van der Waals surface area contributed by atoms with E-state index in [1.807, 2.05) is 9.47 Å². The predicted octanol–water partition coefficient (Wildman–Crippen LogP) is -1.00. The van der Waals surface area contributed by atoms with Crippen LogP contribution in [0.25, 0.3) is 0 Å². The molecule has 2 atom stereocenters. The predicted molar refractivity (Wildman–Crippen MR) is 62.6 cm³/mol. The van der Waals surface area contributed by atoms with Gasteiger partial charge in [0.25, 0.3) is 0 Å². The zero-order chi connectivity index (χ0) is 12.5. The van der Waals surface area contributed by atoms with Crippen molar-refractivity contribution in [2.75, 3.05) is 20.2 Å². The number of rotatable bonds is 2. The van der Waals surface area contributed by atoms with Crippen molar-refractivity contribution in [1.82, 2.24) is 25.0 Å². The molecule has 98 valence electrons. The summed E-state index contributed by atoms with van der Waals surface area (Å²) in [6.07, 6.45) is 2.61. The van der Waals surface area contributed by atoms with Gasteiger partial charge in [0.1, 0.15) is 6.33 Å². The first kappa shape index (κ1) is 11.6. The van der Waals surface area contributed by atoms with Crippen LogP contribution < -0.4 is 5.32 Å². The minimum atomic E-state index is -0.121. The number of nitrogens with one attached hydrogen (secondary N) is 1. The molecule has 2 aliphatic heterocycles. The molecule has 1 saturated heterocycles. The zero-order valence-corrected chi connectivity index (χ0v) is 10.4. The van der Waals surface area contributed by atoms with Crippen LogP contribution in [0.3, 0.4) is 0 Å². The summed E-state index contributed by atoms with van der Waals surface area (Å²) in [4.78, 5) is 14.2. The van der Waals surface area contributed by atoms with Gasteiger partial charge in [-0.05, 0) is 6.42 Å². The summed E-state index contributed by atoms with van der Waals surface area (Å²) in [5, 5.41) is 11.1. The lowest BCUT2D eigenvalue weighted by Gasteiger charge is -2.29. The Hall–Kier alpha value is -1.47. The summed E-state index contributed by atoms with van der Waals surface area (Å²) < 4.78 is 7.25. The van der Waals surface area contributed by atoms with Gasteiger partial charge in [0.2, 0.25) is 5.91 Å². The van der Waals surface area contributed by atoms with Gasteiger partial charge in [-0.15, -0.1) is 10.2 Å². The molecule has 0 radical (unpaired) electrons. The second-order valence-electron chi connectivity index (χ2n) is 4.75. The molecule has 7 nitrogen and oxygen atoms in total. The van der Waals surface area contributed by atoms with E-state index in [0.717, 1.165) is 31.9 Å². The number of hydrogen-bond acceptors (Lipinski definition) is 5. The van der Waals surface area contributed by atoms with Crippen molar-refractivity contribution in [2.24, 2.45) is 0 Å². The molecule has 2 aliphatic rings. The number of ether oxygens (including phenoxy) is 1. The smallest absolute Gasteiger partial charge is 0.240 e. The van der Waals surface area contributed by atoms with Crippen LogP contribution in [0.15, 0.2) is 6.33 Å². The van der Waals surface area contributed by atoms with Crippen molar-refractivity contribution in [3.8, 4) is 0 Å². The fourth-order valence-electron chi connectivity index (χ4n) is 2.55. The Bertz CT molecular complexity index is 446. The third-order valence-electron chi connectivity index (χ3n) is 3.67. The number of amides is 1. The van der Waals surface area contributed by atoms with Crippen molar-refractivity contribution in [2.45, 2.75) is 31.7 Å². The van der Waals surface area contributed by atoms with E-state index in [2.05, 4.69) is 15.5 Å². The number of hydrogen-bond donors (Lipinski definition) is 1. The first-order chi connectivity index (χ1) is 8.78. The van der Waals surface area contributed by atoms with Gasteiger partial charge in [-0.1, -0.05) is 0 Å². The van der Waals surface area contributed by atoms with Crippen LogP contribution in [0.5, 0.6) is 0 Å². The van der Waals surface area contributed by atoms with Crippen molar-refractivity contribution in [1.29, 1.82) is 0 Å². The van der Waals surface area contributed by atoms with Crippen molar-refractivity contribution in [3.05, 3.63) is 12.2 Å². The molecule has 0 spiro atoms. The molecule has 18 heavy (non-hydrogen) atoms. The molecule has 7 heteroatoms. The number of fused-ring (bicyclic) bond motifs is 1. The minimum absolute atomic E-state index is 0.121. The molecule has 1 fully saturated rings. The van der Waals surface area contributed by atoms with Crippen LogP contribution in [0, 0.1) is 0 Å². The van der Waals surface area contributed by atoms with Gasteiger partial charge in [-0.25, -0.2) is 0 Å². The van der Waals surface area contributed by atoms with Crippen LogP contribution in [0.4, 0.5) is 0 Å². The van der Waals surface area contributed by atoms with Crippen molar-refractivity contribution < 1.29 is 9.53 Å². The van der Waals surface area contributed by atoms with Crippen LogP contribution in [0.2, 0.25) is 0 Å². The highest BCUT2D eigenvalue weighted by Crippen LogP contribution is 2.16. The van der Waals surface area contributed by atoms with Gasteiger partial charge in [-0.2, -0.15) is 0 Å². The van der Waals surface area contributed by atoms with Crippen molar-refractivity contribution >= 4 is 5.91 Å². The lowest BCUT2D eigenvalue weighted by atomic mass is 10.1. The highest BCUT2D eigenvalue weighted by Gasteiger charge is 2.33. The standard InChI is InChI=1S/C11H17N5O2/c1-18-8-4-9(12-5-8)11(17)15-2-3-16-7-13-14-10(16)6-15/h7-9,12H,2-6H2,1H3. The zero-order valence-electron chi connectivity index (χ0n) is 10.4. The molecule has 2 unspecified atom stereocenters. The average Bonchev–Trinajstić information content (AvgIpc) is 3.05. The van der Waals surface area contributed by atoms with Crippen LogP contribution in [0.1, 0.15) is 12.2 Å². The van der Waals surface area contributed by atoms with Gasteiger partial charge in [0, 0.05) is 26.7 Å². The van der Waals surface area contributed by atoms with Gasteiger partial charge in [0.15, 0.2) is 5.82 Å². The maximum absolute atomic E-state index is 12.3. The molecule has 3 rings (SSSR count). The van der Waals surface area contributed by atoms with E-state index >= 15 is 0 Å². The first-order valence-electron chi connectivity index (χ1n) is 6.19. The van der Waals surface area contributed by atoms with Gasteiger partial charge in [-0.3, -0.25) is 4.79 Å². The lowest BCUT2D eigenvalue weighted by Crippen LogP contribution is -2.46. The number of aromatic nitrogens is 3. The summed E-state index contributed by atoms with van der Waals surface area (Å²) >= 11 is 0. The van der Waals surface area contributed by atoms with Crippen molar-refractivity contribution in [3.63, 3.8) is 0 Å². The maximum Gasteiger partial charge on any atom is 0.240 e. The molecular weight excluding hydrogens is 234 g/mol. The van der Waals surface area contributed by atoms with E-state index in [1.54, 1.807) is 13.4 Å². The number of nitrogens with zero attached hydrogens (tertiary/aromatic N) is 4. The molecule has 1 N–H and O–H groups in total. The Morgan fingerprint density at radius 1 is 1.56 bits per heavy atom. The number of methoxy groups -OCH3 is 1. The molecule has 0 bridgehead atoms. The second-order valence-corrected chi connectivity index (χ2v) is 4.75. The second kappa shape index (κ2) is 4.66.